The first-order valence-corrected chi connectivity index (χ1v) is 10.5. The van der Waals surface area contributed by atoms with Gasteiger partial charge in [-0.1, -0.05) is 0 Å². The van der Waals surface area contributed by atoms with E-state index in [0.717, 1.165) is 50.1 Å². The molecule has 2 unspecified atom stereocenters. The zero-order valence-corrected chi connectivity index (χ0v) is 17.7. The van der Waals surface area contributed by atoms with Crippen LogP contribution in [-0.2, 0) is 24.3 Å². The molecule has 0 saturated carbocycles. The zero-order chi connectivity index (χ0) is 24.5. The minimum atomic E-state index is -5.08. The lowest BCUT2D eigenvalue weighted by Gasteiger charge is -2.31. The molecule has 4 heterocycles. The van der Waals surface area contributed by atoms with Gasteiger partial charge in [-0.2, -0.15) is 13.2 Å². The molecule has 182 valence electrons. The molecule has 0 fully saturated rings. The van der Waals surface area contributed by atoms with Gasteiger partial charge in [-0.05, 0) is 24.6 Å². The molecule has 1 aromatic carbocycles. The molecule has 2 aliphatic rings. The SMILES string of the molecule is Fc1ccc(-c2cn3c(n2)CCC(NC2CNCc4occc42)C3)c(F)c1.O=C(O)C(F)(F)F. The average Bonchev–Trinajstić information content (AvgIpc) is 3.40. The number of carboxylic acids is 1. The van der Waals surface area contributed by atoms with E-state index in [4.69, 9.17) is 14.3 Å². The maximum absolute atomic E-state index is 14.1. The van der Waals surface area contributed by atoms with E-state index in [9.17, 15) is 22.0 Å². The van der Waals surface area contributed by atoms with Crippen LogP contribution in [0.2, 0.25) is 0 Å². The summed E-state index contributed by atoms with van der Waals surface area (Å²) in [5, 5.41) is 14.2. The number of nitrogens with one attached hydrogen (secondary N) is 2. The van der Waals surface area contributed by atoms with E-state index in [-0.39, 0.29) is 6.04 Å². The second-order valence-corrected chi connectivity index (χ2v) is 8.01. The van der Waals surface area contributed by atoms with Gasteiger partial charge in [0.15, 0.2) is 0 Å². The second kappa shape index (κ2) is 9.55. The number of hydrogen-bond acceptors (Lipinski definition) is 5. The average molecular weight is 484 g/mol. The molecule has 2 aromatic heterocycles. The molecule has 0 spiro atoms. The van der Waals surface area contributed by atoms with E-state index in [1.807, 2.05) is 12.3 Å². The number of hydrogen-bond donors (Lipinski definition) is 3. The number of carboxylic acid groups (broad SMARTS) is 1. The second-order valence-electron chi connectivity index (χ2n) is 8.01. The molecule has 2 atom stereocenters. The Bertz CT molecular complexity index is 1170. The first-order valence-electron chi connectivity index (χ1n) is 10.5. The van der Waals surface area contributed by atoms with Crippen molar-refractivity contribution in [2.24, 2.45) is 0 Å². The third kappa shape index (κ3) is 5.28. The molecular weight excluding hydrogens is 463 g/mol. The molecule has 5 rings (SSSR count). The Kier molecular flexibility index (Phi) is 6.71. The minimum absolute atomic E-state index is 0.219. The highest BCUT2D eigenvalue weighted by molar-refractivity contribution is 5.73. The van der Waals surface area contributed by atoms with Crippen molar-refractivity contribution in [2.75, 3.05) is 6.54 Å². The fraction of sp³-hybridized carbons (Fsp3) is 0.364. The highest BCUT2D eigenvalue weighted by Crippen LogP contribution is 2.28. The van der Waals surface area contributed by atoms with Crippen LogP contribution in [0.3, 0.4) is 0 Å². The third-order valence-electron chi connectivity index (χ3n) is 5.67. The molecule has 2 aliphatic heterocycles. The fourth-order valence-corrected chi connectivity index (χ4v) is 4.08. The monoisotopic (exact) mass is 484 g/mol. The molecular formula is C22H21F5N4O3. The van der Waals surface area contributed by atoms with Crippen LogP contribution < -0.4 is 10.6 Å². The molecule has 0 bridgehead atoms. The number of nitrogens with zero attached hydrogens (tertiary/aromatic N) is 2. The maximum atomic E-state index is 14.1. The third-order valence-corrected chi connectivity index (χ3v) is 5.67. The number of carbonyl (C=O) groups is 1. The van der Waals surface area contributed by atoms with E-state index in [1.54, 1.807) is 6.26 Å². The van der Waals surface area contributed by atoms with E-state index in [1.165, 1.54) is 17.7 Å². The molecule has 3 N–H and O–H groups in total. The van der Waals surface area contributed by atoms with Crippen LogP contribution in [-0.4, -0.2) is 39.4 Å². The lowest BCUT2D eigenvalue weighted by atomic mass is 10.0. The lowest BCUT2D eigenvalue weighted by molar-refractivity contribution is -0.192. The lowest BCUT2D eigenvalue weighted by Crippen LogP contribution is -2.44. The predicted octanol–water partition coefficient (Wildman–Crippen LogP) is 3.80. The molecule has 12 heteroatoms. The van der Waals surface area contributed by atoms with Gasteiger partial charge in [0.1, 0.15) is 23.2 Å². The zero-order valence-electron chi connectivity index (χ0n) is 17.7. The molecule has 3 aromatic rings. The number of alkyl halides is 3. The van der Waals surface area contributed by atoms with Crippen molar-refractivity contribution >= 4 is 5.97 Å². The van der Waals surface area contributed by atoms with E-state index < -0.39 is 23.8 Å². The van der Waals surface area contributed by atoms with Crippen LogP contribution in [0.15, 0.2) is 41.1 Å². The van der Waals surface area contributed by atoms with Crippen molar-refractivity contribution in [3.8, 4) is 11.3 Å². The summed E-state index contributed by atoms with van der Waals surface area (Å²) in [6.45, 7) is 2.41. The van der Waals surface area contributed by atoms with Crippen LogP contribution in [0, 0.1) is 11.6 Å². The number of halogens is 5. The van der Waals surface area contributed by atoms with Crippen LogP contribution in [0.4, 0.5) is 22.0 Å². The predicted molar refractivity (Wildman–Crippen MR) is 110 cm³/mol. The Labute approximate surface area is 190 Å². The van der Waals surface area contributed by atoms with Crippen LogP contribution in [0.1, 0.15) is 29.6 Å². The quantitative estimate of drug-likeness (QED) is 0.490. The van der Waals surface area contributed by atoms with Gasteiger partial charge in [0.2, 0.25) is 0 Å². The van der Waals surface area contributed by atoms with Crippen molar-refractivity contribution < 1.29 is 36.3 Å². The van der Waals surface area contributed by atoms with Gasteiger partial charge >= 0.3 is 12.1 Å². The highest BCUT2D eigenvalue weighted by atomic mass is 19.4. The number of benzene rings is 1. The molecule has 0 aliphatic carbocycles. The van der Waals surface area contributed by atoms with E-state index >= 15 is 0 Å². The van der Waals surface area contributed by atoms with Gasteiger partial charge in [0.25, 0.3) is 0 Å². The molecule has 0 amide bonds. The van der Waals surface area contributed by atoms with Crippen molar-refractivity contribution in [2.45, 2.75) is 44.2 Å². The van der Waals surface area contributed by atoms with Gasteiger partial charge in [0.05, 0.1) is 18.5 Å². The first kappa shape index (κ1) is 23.9. The summed E-state index contributed by atoms with van der Waals surface area (Å²) in [7, 11) is 0. The number of fused-ring (bicyclic) bond motifs is 2. The normalized spacial score (nSPS) is 19.6. The van der Waals surface area contributed by atoms with Crippen molar-refractivity contribution in [1.29, 1.82) is 0 Å². The number of rotatable bonds is 3. The summed E-state index contributed by atoms with van der Waals surface area (Å²) < 4.78 is 66.6. The van der Waals surface area contributed by atoms with Gasteiger partial charge in [-0.15, -0.1) is 0 Å². The molecule has 7 nitrogen and oxygen atoms in total. The van der Waals surface area contributed by atoms with Gasteiger partial charge in [-0.25, -0.2) is 18.6 Å². The maximum Gasteiger partial charge on any atom is 0.490 e. The van der Waals surface area contributed by atoms with Gasteiger partial charge in [0, 0.05) is 55.0 Å². The molecule has 0 radical (unpaired) electrons. The molecule has 34 heavy (non-hydrogen) atoms. The number of aryl methyl sites for hydroxylation is 1. The smallest absolute Gasteiger partial charge is 0.475 e. The highest BCUT2D eigenvalue weighted by Gasteiger charge is 2.38. The van der Waals surface area contributed by atoms with Gasteiger partial charge in [-0.3, -0.25) is 0 Å². The van der Waals surface area contributed by atoms with E-state index in [2.05, 4.69) is 20.2 Å². The first-order chi connectivity index (χ1) is 16.1. The fourth-order valence-electron chi connectivity index (χ4n) is 4.08. The standard InChI is InChI=1S/C20H20F2N4O.C2HF3O2/c21-12-1-3-14(16(22)7-12)18-11-26-10-13(2-4-20(26)25-18)24-17-8-23-9-19-15(17)5-6-27-19;3-2(4,5)1(6)7/h1,3,5-7,11,13,17,23-24H,2,4,8-10H2;(H,6,7). The summed E-state index contributed by atoms with van der Waals surface area (Å²) in [6.07, 6.45) is 0.303. The molecule has 0 saturated heterocycles. The Morgan fingerprint density at radius 1 is 1.26 bits per heavy atom. The number of furan rings is 1. The van der Waals surface area contributed by atoms with Gasteiger partial charge < -0.3 is 24.7 Å². The van der Waals surface area contributed by atoms with E-state index in [0.29, 0.717) is 17.3 Å². The minimum Gasteiger partial charge on any atom is -0.475 e. The van der Waals surface area contributed by atoms with Crippen molar-refractivity contribution in [3.63, 3.8) is 0 Å². The van der Waals surface area contributed by atoms with Crippen LogP contribution in [0.25, 0.3) is 11.3 Å². The Balaban J connectivity index is 0.000000344. The Hall–Kier alpha value is -3.25. The van der Waals surface area contributed by atoms with Crippen molar-refractivity contribution in [3.05, 3.63) is 65.5 Å². The summed E-state index contributed by atoms with van der Waals surface area (Å²) in [4.78, 5) is 13.5. The topological polar surface area (TPSA) is 92.3 Å². The summed E-state index contributed by atoms with van der Waals surface area (Å²) in [5.41, 5.74) is 2.11. The number of imidazole rings is 1. The van der Waals surface area contributed by atoms with Crippen molar-refractivity contribution in [1.82, 2.24) is 20.2 Å². The Morgan fingerprint density at radius 3 is 2.74 bits per heavy atom. The largest absolute Gasteiger partial charge is 0.490 e. The summed E-state index contributed by atoms with van der Waals surface area (Å²) in [5.74, 6) is -1.98. The number of aromatic nitrogens is 2. The summed E-state index contributed by atoms with van der Waals surface area (Å²) in [6, 6.07) is 6.16. The Morgan fingerprint density at radius 2 is 2.03 bits per heavy atom. The van der Waals surface area contributed by atoms with Crippen LogP contribution >= 0.6 is 0 Å². The van der Waals surface area contributed by atoms with Crippen LogP contribution in [0.5, 0.6) is 0 Å². The summed E-state index contributed by atoms with van der Waals surface area (Å²) >= 11 is 0. The number of aliphatic carboxylic acids is 1.